The van der Waals surface area contributed by atoms with Gasteiger partial charge < -0.3 is 4.74 Å². The Morgan fingerprint density at radius 3 is 2.58 bits per heavy atom. The van der Waals surface area contributed by atoms with Gasteiger partial charge in [-0.15, -0.1) is 22.7 Å². The minimum atomic E-state index is -3.07. The molecule has 0 aliphatic carbocycles. The van der Waals surface area contributed by atoms with Crippen molar-refractivity contribution in [3.63, 3.8) is 0 Å². The second-order valence-corrected chi connectivity index (χ2v) is 10.2. The van der Waals surface area contributed by atoms with Gasteiger partial charge in [0.05, 0.1) is 12.9 Å². The van der Waals surface area contributed by atoms with Gasteiger partial charge >= 0.3 is 0 Å². The third-order valence-corrected chi connectivity index (χ3v) is 8.88. The number of ether oxygens (including phenoxy) is 1. The number of rotatable bonds is 3. The first-order chi connectivity index (χ1) is 11.6. The SMILES string of the molecule is COc1ccc2sc(-c3ccc([C]4CCCCS4(=O)=O)s3)cc2c1. The summed E-state index contributed by atoms with van der Waals surface area (Å²) in [5.41, 5.74) is 0. The van der Waals surface area contributed by atoms with Crippen LogP contribution in [0.25, 0.3) is 19.8 Å². The molecule has 4 rings (SSSR count). The molecule has 125 valence electrons. The van der Waals surface area contributed by atoms with Crippen molar-refractivity contribution >= 4 is 42.6 Å². The molecular weight excluding hydrogens is 360 g/mol. The number of fused-ring (bicyclic) bond motifs is 1. The summed E-state index contributed by atoms with van der Waals surface area (Å²) in [5, 5.41) is 1.79. The Hall–Kier alpha value is -1.37. The predicted molar refractivity (Wildman–Crippen MR) is 102 cm³/mol. The lowest BCUT2D eigenvalue weighted by atomic mass is 10.1. The molecule has 1 fully saturated rings. The quantitative estimate of drug-likeness (QED) is 0.636. The van der Waals surface area contributed by atoms with Gasteiger partial charge in [0, 0.05) is 19.3 Å². The second-order valence-electron chi connectivity index (χ2n) is 5.88. The van der Waals surface area contributed by atoms with Crippen molar-refractivity contribution in [1.82, 2.24) is 0 Å². The van der Waals surface area contributed by atoms with Crippen LogP contribution in [0.5, 0.6) is 5.75 Å². The summed E-state index contributed by atoms with van der Waals surface area (Å²) in [5.74, 6) is 1.14. The van der Waals surface area contributed by atoms with E-state index in [1.54, 1.807) is 29.8 Å². The van der Waals surface area contributed by atoms with E-state index < -0.39 is 9.84 Å². The van der Waals surface area contributed by atoms with Crippen molar-refractivity contribution in [2.24, 2.45) is 0 Å². The summed E-state index contributed by atoms with van der Waals surface area (Å²) in [7, 11) is -1.40. The number of sulfone groups is 1. The smallest absolute Gasteiger partial charge is 0.162 e. The molecule has 2 aromatic heterocycles. The summed E-state index contributed by atoms with van der Waals surface area (Å²) in [6, 6.07) is 12.2. The minimum absolute atomic E-state index is 0.290. The van der Waals surface area contributed by atoms with Crippen molar-refractivity contribution in [3.8, 4) is 15.5 Å². The maximum atomic E-state index is 12.3. The molecule has 0 spiro atoms. The molecule has 1 aliphatic heterocycles. The van der Waals surface area contributed by atoms with Crippen LogP contribution in [0.3, 0.4) is 0 Å². The zero-order chi connectivity index (χ0) is 16.7. The van der Waals surface area contributed by atoms with Gasteiger partial charge in [-0.3, -0.25) is 0 Å². The first-order valence-corrected chi connectivity index (χ1v) is 11.1. The zero-order valence-electron chi connectivity index (χ0n) is 13.2. The molecule has 0 bridgehead atoms. The fraction of sp³-hybridized carbons (Fsp3) is 0.278. The van der Waals surface area contributed by atoms with Gasteiger partial charge in [0.15, 0.2) is 9.84 Å². The van der Waals surface area contributed by atoms with Crippen LogP contribution in [0.15, 0.2) is 36.4 Å². The molecule has 1 saturated heterocycles. The highest BCUT2D eigenvalue weighted by Gasteiger charge is 2.32. The van der Waals surface area contributed by atoms with Gasteiger partial charge in [0.1, 0.15) is 11.0 Å². The van der Waals surface area contributed by atoms with Gasteiger partial charge in [-0.05, 0) is 54.6 Å². The fourth-order valence-electron chi connectivity index (χ4n) is 3.02. The minimum Gasteiger partial charge on any atom is -0.497 e. The van der Waals surface area contributed by atoms with Crippen LogP contribution >= 0.6 is 22.7 Å². The molecule has 0 unspecified atom stereocenters. The number of benzene rings is 1. The number of methoxy groups -OCH3 is 1. The Labute approximate surface area is 149 Å². The number of hydrogen-bond acceptors (Lipinski definition) is 5. The van der Waals surface area contributed by atoms with Gasteiger partial charge in [0.25, 0.3) is 0 Å². The fourth-order valence-corrected chi connectivity index (χ4v) is 7.29. The van der Waals surface area contributed by atoms with Crippen molar-refractivity contribution < 1.29 is 13.2 Å². The molecular formula is C18H17O3S3. The van der Waals surface area contributed by atoms with Gasteiger partial charge in [-0.1, -0.05) is 6.42 Å². The first-order valence-electron chi connectivity index (χ1n) is 7.83. The lowest BCUT2D eigenvalue weighted by molar-refractivity contribution is 0.415. The van der Waals surface area contributed by atoms with Crippen molar-refractivity contribution in [1.29, 1.82) is 0 Å². The molecule has 0 amide bonds. The van der Waals surface area contributed by atoms with Crippen molar-refractivity contribution in [3.05, 3.63) is 46.5 Å². The average Bonchev–Trinajstić information content (AvgIpc) is 3.20. The molecule has 6 heteroatoms. The first kappa shape index (κ1) is 16.1. The van der Waals surface area contributed by atoms with E-state index in [4.69, 9.17) is 4.74 Å². The highest BCUT2D eigenvalue weighted by atomic mass is 32.2. The summed E-state index contributed by atoms with van der Waals surface area (Å²) >= 11 is 3.31. The second kappa shape index (κ2) is 6.17. The summed E-state index contributed by atoms with van der Waals surface area (Å²) in [6.45, 7) is 0. The molecule has 1 aromatic carbocycles. The topological polar surface area (TPSA) is 43.4 Å². The van der Waals surface area contributed by atoms with Crippen LogP contribution in [0, 0.1) is 5.25 Å². The van der Waals surface area contributed by atoms with E-state index in [2.05, 4.69) is 12.1 Å². The molecule has 24 heavy (non-hydrogen) atoms. The molecule has 3 nitrogen and oxygen atoms in total. The Kier molecular flexibility index (Phi) is 4.14. The standard InChI is InChI=1S/C18H17O3S3/c1-21-13-5-6-14-12(10-13)11-17(22-14)15-7-8-16(23-15)18-4-2-3-9-24(18,19)20/h5-8,10-11H,2-4,9H2,1H3. The van der Waals surface area contributed by atoms with Crippen LogP contribution in [-0.4, -0.2) is 21.3 Å². The zero-order valence-corrected chi connectivity index (χ0v) is 15.7. The molecule has 1 aliphatic rings. The van der Waals surface area contributed by atoms with E-state index >= 15 is 0 Å². The van der Waals surface area contributed by atoms with Crippen LogP contribution in [-0.2, 0) is 9.84 Å². The highest BCUT2D eigenvalue weighted by Crippen LogP contribution is 2.42. The van der Waals surface area contributed by atoms with Crippen molar-refractivity contribution in [2.75, 3.05) is 12.9 Å². The lowest BCUT2D eigenvalue weighted by Crippen LogP contribution is -2.21. The molecule has 3 heterocycles. The van der Waals surface area contributed by atoms with E-state index in [9.17, 15) is 8.42 Å². The molecule has 3 aromatic rings. The van der Waals surface area contributed by atoms with Crippen LogP contribution < -0.4 is 4.74 Å². The summed E-state index contributed by atoms with van der Waals surface area (Å²) < 4.78 is 31.1. The van der Waals surface area contributed by atoms with E-state index in [0.29, 0.717) is 11.7 Å². The maximum absolute atomic E-state index is 12.3. The normalized spacial score (nSPS) is 18.0. The van der Waals surface area contributed by atoms with Gasteiger partial charge in [0.2, 0.25) is 0 Å². The van der Waals surface area contributed by atoms with Gasteiger partial charge in [-0.2, -0.15) is 0 Å². The van der Waals surface area contributed by atoms with E-state index in [1.807, 2.05) is 24.3 Å². The van der Waals surface area contributed by atoms with Crippen LogP contribution in [0.4, 0.5) is 0 Å². The third kappa shape index (κ3) is 2.87. The largest absolute Gasteiger partial charge is 0.497 e. The van der Waals surface area contributed by atoms with Gasteiger partial charge in [-0.25, -0.2) is 8.42 Å². The van der Waals surface area contributed by atoms with E-state index in [0.717, 1.165) is 33.7 Å². The Morgan fingerprint density at radius 2 is 1.79 bits per heavy atom. The Bertz CT molecular complexity index is 982. The molecule has 0 N–H and O–H groups in total. The Balaban J connectivity index is 1.69. The van der Waals surface area contributed by atoms with E-state index in [1.165, 1.54) is 9.58 Å². The van der Waals surface area contributed by atoms with Crippen LogP contribution in [0.1, 0.15) is 24.1 Å². The summed E-state index contributed by atoms with van der Waals surface area (Å²) in [4.78, 5) is 3.20. The number of thiophene rings is 2. The predicted octanol–water partition coefficient (Wildman–Crippen LogP) is 5.12. The monoisotopic (exact) mass is 377 g/mol. The maximum Gasteiger partial charge on any atom is 0.162 e. The summed E-state index contributed by atoms with van der Waals surface area (Å²) in [6.07, 6.45) is 2.42. The third-order valence-electron chi connectivity index (χ3n) is 4.29. The number of hydrogen-bond donors (Lipinski definition) is 0. The Morgan fingerprint density at radius 1 is 0.958 bits per heavy atom. The van der Waals surface area contributed by atoms with E-state index in [-0.39, 0.29) is 5.75 Å². The highest BCUT2D eigenvalue weighted by molar-refractivity contribution is 7.94. The average molecular weight is 378 g/mol. The molecule has 1 radical (unpaired) electrons. The van der Waals surface area contributed by atoms with Crippen molar-refractivity contribution in [2.45, 2.75) is 19.3 Å². The van der Waals surface area contributed by atoms with Crippen LogP contribution in [0.2, 0.25) is 0 Å². The molecule has 0 saturated carbocycles. The molecule has 0 atom stereocenters. The lowest BCUT2D eigenvalue weighted by Gasteiger charge is -2.19.